The summed E-state index contributed by atoms with van der Waals surface area (Å²) < 4.78 is 11.1. The molecule has 0 spiro atoms. The van der Waals surface area contributed by atoms with Crippen LogP contribution in [0.5, 0.6) is 0 Å². The first-order valence-corrected chi connectivity index (χ1v) is 5.56. The summed E-state index contributed by atoms with van der Waals surface area (Å²) in [6.45, 7) is 0. The number of hydrogen-bond acceptors (Lipinski definition) is 1. The van der Waals surface area contributed by atoms with Crippen LogP contribution in [0.4, 0.5) is 0 Å². The summed E-state index contributed by atoms with van der Waals surface area (Å²) in [4.78, 5) is 0. The average molecular weight is 158 g/mol. The van der Waals surface area contributed by atoms with E-state index < -0.39 is 10.8 Å². The topological polar surface area (TPSA) is 17.1 Å². The van der Waals surface area contributed by atoms with Crippen molar-refractivity contribution in [3.8, 4) is 0 Å². The minimum atomic E-state index is -0.396. The SMILES string of the molecule is O=S1[C@@H]2CCCCCC[C@@H]21. The Morgan fingerprint density at radius 2 is 1.40 bits per heavy atom. The van der Waals surface area contributed by atoms with E-state index in [1.807, 2.05) is 0 Å². The first-order chi connectivity index (χ1) is 4.89. The lowest BCUT2D eigenvalue weighted by atomic mass is 10.0. The molecule has 10 heavy (non-hydrogen) atoms. The fourth-order valence-corrected chi connectivity index (χ4v) is 3.70. The van der Waals surface area contributed by atoms with E-state index in [4.69, 9.17) is 0 Å². The third kappa shape index (κ3) is 1.14. The summed E-state index contributed by atoms with van der Waals surface area (Å²) in [5.41, 5.74) is 0. The lowest BCUT2D eigenvalue weighted by Crippen LogP contribution is -1.97. The van der Waals surface area contributed by atoms with E-state index in [-0.39, 0.29) is 0 Å². The van der Waals surface area contributed by atoms with E-state index in [0.29, 0.717) is 10.5 Å². The van der Waals surface area contributed by atoms with Crippen molar-refractivity contribution in [2.75, 3.05) is 0 Å². The van der Waals surface area contributed by atoms with E-state index >= 15 is 0 Å². The Kier molecular flexibility index (Phi) is 1.81. The van der Waals surface area contributed by atoms with Crippen LogP contribution in [0.15, 0.2) is 0 Å². The molecule has 0 radical (unpaired) electrons. The van der Waals surface area contributed by atoms with Crippen molar-refractivity contribution in [2.45, 2.75) is 49.0 Å². The Hall–Kier alpha value is 0.150. The molecule has 1 saturated heterocycles. The van der Waals surface area contributed by atoms with Crippen molar-refractivity contribution >= 4 is 10.8 Å². The van der Waals surface area contributed by atoms with Crippen molar-refractivity contribution in [1.29, 1.82) is 0 Å². The predicted molar refractivity (Wildman–Crippen MR) is 43.4 cm³/mol. The summed E-state index contributed by atoms with van der Waals surface area (Å²) in [5, 5.41) is 1.25. The molecule has 3 atom stereocenters. The van der Waals surface area contributed by atoms with E-state index in [0.717, 1.165) is 0 Å². The van der Waals surface area contributed by atoms with Gasteiger partial charge in [0.15, 0.2) is 0 Å². The lowest BCUT2D eigenvalue weighted by Gasteiger charge is -2.02. The second-order valence-corrected chi connectivity index (χ2v) is 5.27. The van der Waals surface area contributed by atoms with E-state index in [1.54, 1.807) is 0 Å². The molecule has 58 valence electrons. The standard InChI is InChI=1S/C8H14OS/c9-10-7-5-3-1-2-4-6-8(7)10/h7-8H,1-6H2/t7-,8+,10?. The zero-order valence-corrected chi connectivity index (χ0v) is 7.03. The van der Waals surface area contributed by atoms with Gasteiger partial charge in [-0.05, 0) is 12.8 Å². The van der Waals surface area contributed by atoms with Gasteiger partial charge >= 0.3 is 0 Å². The Morgan fingerprint density at radius 1 is 0.900 bits per heavy atom. The molecule has 0 amide bonds. The van der Waals surface area contributed by atoms with Gasteiger partial charge in [0.25, 0.3) is 0 Å². The zero-order valence-electron chi connectivity index (χ0n) is 6.21. The number of hydrogen-bond donors (Lipinski definition) is 0. The summed E-state index contributed by atoms with van der Waals surface area (Å²) in [6, 6.07) is 0. The molecule has 1 saturated carbocycles. The monoisotopic (exact) mass is 158 g/mol. The van der Waals surface area contributed by atoms with E-state index in [1.165, 1.54) is 38.5 Å². The van der Waals surface area contributed by atoms with Gasteiger partial charge < -0.3 is 0 Å². The third-order valence-electron chi connectivity index (χ3n) is 2.66. The van der Waals surface area contributed by atoms with Crippen LogP contribution in [0.3, 0.4) is 0 Å². The van der Waals surface area contributed by atoms with E-state index in [2.05, 4.69) is 0 Å². The highest BCUT2D eigenvalue weighted by Crippen LogP contribution is 2.37. The van der Waals surface area contributed by atoms with Gasteiger partial charge in [-0.25, -0.2) is 0 Å². The summed E-state index contributed by atoms with van der Waals surface area (Å²) >= 11 is 0. The maximum atomic E-state index is 11.1. The van der Waals surface area contributed by atoms with Gasteiger partial charge in [0.1, 0.15) is 0 Å². The molecule has 1 nitrogen and oxygen atoms in total. The fourth-order valence-electron chi connectivity index (χ4n) is 1.93. The van der Waals surface area contributed by atoms with Gasteiger partial charge in [-0.1, -0.05) is 25.7 Å². The molecule has 1 aliphatic carbocycles. The van der Waals surface area contributed by atoms with Gasteiger partial charge in [-0.3, -0.25) is 4.21 Å². The van der Waals surface area contributed by atoms with Crippen molar-refractivity contribution in [2.24, 2.45) is 0 Å². The smallest absolute Gasteiger partial charge is 0.0494 e. The van der Waals surface area contributed by atoms with Crippen LogP contribution in [0, 0.1) is 0 Å². The maximum absolute atomic E-state index is 11.1. The van der Waals surface area contributed by atoms with Crippen LogP contribution >= 0.6 is 0 Å². The van der Waals surface area contributed by atoms with Crippen molar-refractivity contribution in [3.63, 3.8) is 0 Å². The molecule has 2 aliphatic rings. The van der Waals surface area contributed by atoms with Crippen molar-refractivity contribution in [3.05, 3.63) is 0 Å². The number of fused-ring (bicyclic) bond motifs is 1. The normalized spacial score (nSPS) is 47.0. The average Bonchev–Trinajstić information content (AvgIpc) is 2.39. The van der Waals surface area contributed by atoms with Crippen molar-refractivity contribution < 1.29 is 4.21 Å². The molecule has 1 aliphatic heterocycles. The van der Waals surface area contributed by atoms with Gasteiger partial charge in [0.05, 0.1) is 0 Å². The largest absolute Gasteiger partial charge is 0.259 e. The predicted octanol–water partition coefficient (Wildman–Crippen LogP) is 1.84. The molecule has 1 heterocycles. The molecule has 0 N–H and O–H groups in total. The Labute approximate surface area is 64.7 Å². The molecule has 2 heteroatoms. The van der Waals surface area contributed by atoms with E-state index in [9.17, 15) is 4.21 Å². The second kappa shape index (κ2) is 2.65. The van der Waals surface area contributed by atoms with Crippen LogP contribution < -0.4 is 0 Å². The van der Waals surface area contributed by atoms with Crippen molar-refractivity contribution in [1.82, 2.24) is 0 Å². The zero-order chi connectivity index (χ0) is 6.97. The molecular weight excluding hydrogens is 144 g/mol. The Bertz CT molecular complexity index is 139. The van der Waals surface area contributed by atoms with Gasteiger partial charge in [-0.2, -0.15) is 0 Å². The quantitative estimate of drug-likeness (QED) is 0.492. The summed E-state index contributed by atoms with van der Waals surface area (Å²) in [7, 11) is -0.396. The number of rotatable bonds is 0. The van der Waals surface area contributed by atoms with Gasteiger partial charge in [0, 0.05) is 21.3 Å². The van der Waals surface area contributed by atoms with Crippen LogP contribution in [0.25, 0.3) is 0 Å². The molecule has 1 unspecified atom stereocenters. The summed E-state index contributed by atoms with van der Waals surface area (Å²) in [6.07, 6.45) is 7.90. The molecule has 2 rings (SSSR count). The van der Waals surface area contributed by atoms with Crippen LogP contribution in [-0.2, 0) is 10.8 Å². The minimum absolute atomic E-state index is 0.396. The Morgan fingerprint density at radius 3 is 1.90 bits per heavy atom. The minimum Gasteiger partial charge on any atom is -0.259 e. The van der Waals surface area contributed by atoms with Gasteiger partial charge in [0.2, 0.25) is 0 Å². The second-order valence-electron chi connectivity index (χ2n) is 3.40. The highest BCUT2D eigenvalue weighted by molar-refractivity contribution is 7.93. The molecule has 2 fully saturated rings. The first kappa shape index (κ1) is 6.84. The maximum Gasteiger partial charge on any atom is 0.0494 e. The molecular formula is C8H14OS. The molecule has 0 bridgehead atoms. The third-order valence-corrected chi connectivity index (χ3v) is 4.67. The summed E-state index contributed by atoms with van der Waals surface area (Å²) in [5.74, 6) is 0. The lowest BCUT2D eigenvalue weighted by molar-refractivity contribution is 0.551. The van der Waals surface area contributed by atoms with Crippen LogP contribution in [-0.4, -0.2) is 14.7 Å². The highest BCUT2D eigenvalue weighted by atomic mass is 32.2. The molecule has 0 aromatic heterocycles. The molecule has 0 aromatic carbocycles. The highest BCUT2D eigenvalue weighted by Gasteiger charge is 2.46. The van der Waals surface area contributed by atoms with Gasteiger partial charge in [-0.15, -0.1) is 0 Å². The van der Waals surface area contributed by atoms with Crippen LogP contribution in [0.2, 0.25) is 0 Å². The Balaban J connectivity index is 1.92. The first-order valence-electron chi connectivity index (χ1n) is 4.29. The molecule has 0 aromatic rings. The fraction of sp³-hybridized carbons (Fsp3) is 1.00. The van der Waals surface area contributed by atoms with Crippen LogP contribution in [0.1, 0.15) is 38.5 Å².